The number of aldehydes is 1. The van der Waals surface area contributed by atoms with Crippen LogP contribution < -0.4 is 9.47 Å². The van der Waals surface area contributed by atoms with Crippen LogP contribution in [0.3, 0.4) is 0 Å². The number of hydrogen-bond donors (Lipinski definition) is 2. The lowest BCUT2D eigenvalue weighted by molar-refractivity contribution is -0.117. The molecule has 0 spiro atoms. The molecule has 0 atom stereocenters. The summed E-state index contributed by atoms with van der Waals surface area (Å²) in [5.41, 5.74) is 18.6. The van der Waals surface area contributed by atoms with Crippen molar-refractivity contribution >= 4 is 12.1 Å². The van der Waals surface area contributed by atoms with Crippen molar-refractivity contribution in [3.63, 3.8) is 0 Å². The predicted molar refractivity (Wildman–Crippen MR) is 282 cm³/mol. The normalized spacial score (nSPS) is 12.6. The first-order valence-electron chi connectivity index (χ1n) is 25.8. The highest BCUT2D eigenvalue weighted by Gasteiger charge is 2.34. The summed E-state index contributed by atoms with van der Waals surface area (Å²) in [6.45, 7) is 6.86. The van der Waals surface area contributed by atoms with Gasteiger partial charge in [0.1, 0.15) is 59.3 Å². The van der Waals surface area contributed by atoms with Crippen LogP contribution in [0, 0.1) is 45.3 Å². The van der Waals surface area contributed by atoms with Crippen LogP contribution in [0.4, 0.5) is 0 Å². The van der Waals surface area contributed by atoms with Gasteiger partial charge in [0, 0.05) is 12.8 Å². The Balaban J connectivity index is 0.000000189. The van der Waals surface area contributed by atoms with E-state index < -0.39 is 0 Å². The molecule has 0 saturated heterocycles. The van der Waals surface area contributed by atoms with Gasteiger partial charge >= 0.3 is 0 Å². The van der Waals surface area contributed by atoms with E-state index in [-0.39, 0.29) is 17.3 Å². The van der Waals surface area contributed by atoms with Crippen molar-refractivity contribution in [2.75, 3.05) is 13.2 Å². The van der Waals surface area contributed by atoms with E-state index in [4.69, 9.17) is 9.47 Å². The van der Waals surface area contributed by atoms with Crippen molar-refractivity contribution in [1.82, 2.24) is 0 Å². The van der Waals surface area contributed by atoms with E-state index in [1.54, 1.807) is 19.1 Å². The minimum absolute atomic E-state index is 0.231. The monoisotopic (exact) mass is 968 g/mol. The number of nitriles is 4. The summed E-state index contributed by atoms with van der Waals surface area (Å²) in [4.78, 5) is 21.6. The summed E-state index contributed by atoms with van der Waals surface area (Å²) >= 11 is 0. The van der Waals surface area contributed by atoms with Crippen LogP contribution in [0.2, 0.25) is 0 Å². The largest absolute Gasteiger partial charge is 0.508 e. The number of carbonyl (C=O) groups is 2. The molecule has 0 radical (unpaired) electrons. The quantitative estimate of drug-likeness (QED) is 0.0785. The molecular weight excluding hydrogens is 909 g/mol. The van der Waals surface area contributed by atoms with Gasteiger partial charge in [-0.05, 0) is 234 Å². The minimum Gasteiger partial charge on any atom is -0.508 e. The standard InChI is InChI=1S/C31H28N2O3.C30H26N2O3.C2H6/c1-19(34)5-3-2-4-14-36-23-9-13-25-21(16-23)7-11-27-29(18-33)28(17-32)26-10-6-20-15-22(35)8-12-24(20)30(26)31(25)27;31-17-27-25-9-5-19-15-21(34)7-11-23(19)29(25)30-24-12-8-22(35-14-4-2-1-3-13-33)16-20(24)6-10-26(30)28(27)18-32;1-2/h8-9,12-13,15-16,35H,2-7,10-11,14H2,1H3;7-8,11-13,15-16,34H,1-6,9-10,14H2;1-2H3. The van der Waals surface area contributed by atoms with Crippen LogP contribution in [0.1, 0.15) is 139 Å². The third-order valence-corrected chi connectivity index (χ3v) is 14.5. The van der Waals surface area contributed by atoms with Gasteiger partial charge in [0.05, 0.1) is 35.5 Å². The lowest BCUT2D eigenvalue weighted by Crippen LogP contribution is -2.15. The van der Waals surface area contributed by atoms with Gasteiger partial charge in [0.2, 0.25) is 0 Å². The van der Waals surface area contributed by atoms with E-state index in [2.05, 4.69) is 48.5 Å². The second-order valence-electron chi connectivity index (χ2n) is 18.9. The lowest BCUT2D eigenvalue weighted by atomic mass is 9.72. The number of aromatic hydroxyl groups is 2. The molecule has 0 unspecified atom stereocenters. The number of ether oxygens (including phenoxy) is 2. The zero-order valence-electron chi connectivity index (χ0n) is 42.0. The summed E-state index contributed by atoms with van der Waals surface area (Å²) in [5.74, 6) is 2.37. The molecule has 0 bridgehead atoms. The van der Waals surface area contributed by atoms with E-state index in [1.807, 2.05) is 50.2 Å². The second kappa shape index (κ2) is 23.4. The Labute approximate surface area is 428 Å². The number of hydrogen-bond acceptors (Lipinski definition) is 10. The van der Waals surface area contributed by atoms with Crippen LogP contribution in [0.5, 0.6) is 23.0 Å². The third-order valence-electron chi connectivity index (χ3n) is 14.5. The van der Waals surface area contributed by atoms with E-state index in [9.17, 15) is 40.8 Å². The first-order valence-corrected chi connectivity index (χ1v) is 25.8. The number of phenolic OH excluding ortho intramolecular Hbond substituents is 2. The molecule has 0 amide bonds. The number of phenols is 2. The summed E-state index contributed by atoms with van der Waals surface area (Å²) in [6.07, 6.45) is 13.4. The van der Waals surface area contributed by atoms with Crippen molar-refractivity contribution in [2.45, 2.75) is 124 Å². The van der Waals surface area contributed by atoms with Crippen LogP contribution in [-0.2, 0) is 61.0 Å². The Bertz CT molecular complexity index is 3300. The number of unbranched alkanes of at least 4 members (excludes halogenated alkanes) is 5. The molecule has 73 heavy (non-hydrogen) atoms. The van der Waals surface area contributed by atoms with Gasteiger partial charge in [-0.3, -0.25) is 0 Å². The molecule has 6 aromatic rings. The Hall–Kier alpha value is -8.18. The molecule has 0 heterocycles. The molecule has 4 aliphatic carbocycles. The SMILES string of the molecule is CC.CC(=O)CCCCCOc1ccc2c(c1)CCc1c(C#N)c(C#N)c3c(c1-2)-c1ccc(O)cc1CC3.N#Cc1c(C#N)c2c(c3c1CCc1cc(O)ccc1-3)-c1ccc(OCCCCCC=O)cc1CC2. The van der Waals surface area contributed by atoms with Gasteiger partial charge in [0.25, 0.3) is 0 Å². The van der Waals surface area contributed by atoms with Gasteiger partial charge in [-0.25, -0.2) is 0 Å². The van der Waals surface area contributed by atoms with Crippen molar-refractivity contribution in [2.24, 2.45) is 0 Å². The Kier molecular flexibility index (Phi) is 16.4. The topological polar surface area (TPSA) is 188 Å². The van der Waals surface area contributed by atoms with Crippen molar-refractivity contribution < 1.29 is 29.3 Å². The molecule has 368 valence electrons. The first kappa shape index (κ1) is 51.2. The number of carbonyl (C=O) groups excluding carboxylic acids is 2. The Morgan fingerprint density at radius 1 is 0.493 bits per heavy atom. The highest BCUT2D eigenvalue weighted by atomic mass is 16.5. The summed E-state index contributed by atoms with van der Waals surface area (Å²) < 4.78 is 12.0. The van der Waals surface area contributed by atoms with Crippen molar-refractivity contribution in [1.29, 1.82) is 21.0 Å². The maximum Gasteiger partial charge on any atom is 0.129 e. The molecule has 10 heteroatoms. The smallest absolute Gasteiger partial charge is 0.129 e. The fourth-order valence-corrected chi connectivity index (χ4v) is 11.3. The van der Waals surface area contributed by atoms with Crippen LogP contribution in [0.25, 0.3) is 44.5 Å². The highest BCUT2D eigenvalue weighted by Crippen LogP contribution is 2.51. The number of Topliss-reactive ketones (excluding diaryl/α,β-unsaturated/α-hetero) is 1. The predicted octanol–water partition coefficient (Wildman–Crippen LogP) is 13.0. The number of fused-ring (bicyclic) bond motifs is 14. The molecule has 0 aromatic heterocycles. The van der Waals surface area contributed by atoms with Crippen LogP contribution in [0.15, 0.2) is 72.8 Å². The van der Waals surface area contributed by atoms with E-state index in [0.29, 0.717) is 74.0 Å². The van der Waals surface area contributed by atoms with Crippen molar-refractivity contribution in [3.05, 3.63) is 140 Å². The Morgan fingerprint density at radius 3 is 1.18 bits per heavy atom. The number of ketones is 1. The molecule has 4 aliphatic rings. The van der Waals surface area contributed by atoms with Gasteiger partial charge in [-0.1, -0.05) is 38.1 Å². The highest BCUT2D eigenvalue weighted by molar-refractivity contribution is 5.97. The molecule has 6 aromatic carbocycles. The van der Waals surface area contributed by atoms with Crippen LogP contribution >= 0.6 is 0 Å². The summed E-state index contributed by atoms with van der Waals surface area (Å²) in [5, 5.41) is 60.2. The average molecular weight is 969 g/mol. The van der Waals surface area contributed by atoms with Gasteiger partial charge < -0.3 is 29.3 Å². The summed E-state index contributed by atoms with van der Waals surface area (Å²) in [7, 11) is 0. The van der Waals surface area contributed by atoms with E-state index in [0.717, 1.165) is 160 Å². The fraction of sp³-hybridized carbons (Fsp3) is 0.333. The minimum atomic E-state index is 0.231. The van der Waals surface area contributed by atoms with Gasteiger partial charge in [0.15, 0.2) is 0 Å². The third kappa shape index (κ3) is 10.4. The molecule has 10 nitrogen and oxygen atoms in total. The number of nitrogens with zero attached hydrogens (tertiary/aromatic N) is 4. The molecule has 2 N–H and O–H groups in total. The maximum absolute atomic E-state index is 11.1. The number of benzene rings is 6. The first-order chi connectivity index (χ1) is 35.7. The molecule has 0 fully saturated rings. The Morgan fingerprint density at radius 2 is 0.836 bits per heavy atom. The fourth-order valence-electron chi connectivity index (χ4n) is 11.3. The number of aryl methyl sites for hydroxylation is 4. The second-order valence-corrected chi connectivity index (χ2v) is 18.9. The average Bonchev–Trinajstić information content (AvgIpc) is 3.41. The maximum atomic E-state index is 11.1. The molecule has 0 saturated carbocycles. The summed E-state index contributed by atoms with van der Waals surface area (Å²) in [6, 6.07) is 32.6. The molecular formula is C63H60N4O6. The molecule has 10 rings (SSSR count). The zero-order valence-corrected chi connectivity index (χ0v) is 42.0. The zero-order chi connectivity index (χ0) is 51.6. The van der Waals surface area contributed by atoms with Crippen LogP contribution in [-0.4, -0.2) is 35.5 Å². The van der Waals surface area contributed by atoms with E-state index in [1.165, 1.54) is 11.1 Å². The number of rotatable bonds is 14. The lowest BCUT2D eigenvalue weighted by Gasteiger charge is -2.31. The van der Waals surface area contributed by atoms with E-state index >= 15 is 0 Å². The molecule has 0 aliphatic heterocycles. The van der Waals surface area contributed by atoms with Crippen molar-refractivity contribution in [3.8, 4) is 91.8 Å². The van der Waals surface area contributed by atoms with Gasteiger partial charge in [-0.2, -0.15) is 21.0 Å². The van der Waals surface area contributed by atoms with Gasteiger partial charge in [-0.15, -0.1) is 0 Å².